The van der Waals surface area contributed by atoms with Crippen molar-refractivity contribution in [2.45, 2.75) is 64.1 Å². The third-order valence-electron chi connectivity index (χ3n) is 4.86. The number of esters is 1. The Bertz CT molecular complexity index is 686. The number of ether oxygens (including phenoxy) is 3. The molecule has 4 heteroatoms. The minimum atomic E-state index is -0.347. The molecule has 3 atom stereocenters. The van der Waals surface area contributed by atoms with Crippen LogP contribution in [0, 0.1) is 0 Å². The van der Waals surface area contributed by atoms with Gasteiger partial charge in [-0.1, -0.05) is 67.1 Å². The van der Waals surface area contributed by atoms with E-state index >= 15 is 0 Å². The zero-order chi connectivity index (χ0) is 18.9. The van der Waals surface area contributed by atoms with Crippen molar-refractivity contribution in [2.75, 3.05) is 0 Å². The summed E-state index contributed by atoms with van der Waals surface area (Å²) in [5, 5.41) is 0. The van der Waals surface area contributed by atoms with Gasteiger partial charge in [0.05, 0.1) is 19.3 Å². The van der Waals surface area contributed by atoms with Gasteiger partial charge >= 0.3 is 5.97 Å². The monoisotopic (exact) mass is 368 g/mol. The topological polar surface area (TPSA) is 44.8 Å². The molecule has 0 aromatic heterocycles. The molecule has 1 saturated heterocycles. The smallest absolute Gasteiger partial charge is 0.306 e. The summed E-state index contributed by atoms with van der Waals surface area (Å²) in [5.41, 5.74) is 2.22. The Kier molecular flexibility index (Phi) is 7.43. The molecule has 0 saturated carbocycles. The average Bonchev–Trinajstić information content (AvgIpc) is 2.76. The van der Waals surface area contributed by atoms with Gasteiger partial charge in [-0.25, -0.2) is 0 Å². The minimum Gasteiger partial charge on any atom is -0.460 e. The molecule has 3 unspecified atom stereocenters. The predicted molar refractivity (Wildman–Crippen MR) is 104 cm³/mol. The number of cyclic esters (lactones) is 1. The fraction of sp³-hybridized carbons (Fsp3) is 0.435. The molecule has 27 heavy (non-hydrogen) atoms. The number of hydrogen-bond acceptors (Lipinski definition) is 4. The van der Waals surface area contributed by atoms with Crippen molar-refractivity contribution in [3.63, 3.8) is 0 Å². The van der Waals surface area contributed by atoms with Crippen LogP contribution in [0.3, 0.4) is 0 Å². The molecule has 1 aliphatic heterocycles. The zero-order valence-corrected chi connectivity index (χ0v) is 15.9. The van der Waals surface area contributed by atoms with Crippen molar-refractivity contribution in [1.29, 1.82) is 0 Å². The van der Waals surface area contributed by atoms with Crippen molar-refractivity contribution in [2.24, 2.45) is 0 Å². The van der Waals surface area contributed by atoms with E-state index in [9.17, 15) is 4.79 Å². The number of benzene rings is 2. The standard InChI is InChI=1S/C23H28O4/c1-18-23(26-17-20-12-6-3-7-13-20)21(14-8-9-15-22(24)27-18)25-16-19-10-4-2-5-11-19/h2-7,10-13,18,21,23H,8-9,14-17H2,1H3. The summed E-state index contributed by atoms with van der Waals surface area (Å²) in [6, 6.07) is 20.2. The molecule has 4 nitrogen and oxygen atoms in total. The second kappa shape index (κ2) is 10.2. The lowest BCUT2D eigenvalue weighted by Crippen LogP contribution is -2.41. The van der Waals surface area contributed by atoms with Crippen LogP contribution in [0.1, 0.15) is 43.7 Å². The Balaban J connectivity index is 1.70. The third kappa shape index (κ3) is 6.19. The van der Waals surface area contributed by atoms with Crippen molar-refractivity contribution in [3.8, 4) is 0 Å². The largest absolute Gasteiger partial charge is 0.460 e. The van der Waals surface area contributed by atoms with E-state index < -0.39 is 0 Å². The maximum Gasteiger partial charge on any atom is 0.306 e. The van der Waals surface area contributed by atoms with Gasteiger partial charge in [-0.2, -0.15) is 0 Å². The average molecular weight is 368 g/mol. The van der Waals surface area contributed by atoms with Gasteiger partial charge in [0.2, 0.25) is 0 Å². The molecule has 1 heterocycles. The minimum absolute atomic E-state index is 0.116. The summed E-state index contributed by atoms with van der Waals surface area (Å²) in [5.74, 6) is -0.153. The molecule has 0 aliphatic carbocycles. The summed E-state index contributed by atoms with van der Waals surface area (Å²) >= 11 is 0. The first-order chi connectivity index (χ1) is 13.2. The van der Waals surface area contributed by atoms with E-state index in [0.29, 0.717) is 19.6 Å². The second-order valence-corrected chi connectivity index (χ2v) is 7.04. The summed E-state index contributed by atoms with van der Waals surface area (Å²) in [6.07, 6.45) is 2.30. The van der Waals surface area contributed by atoms with E-state index in [1.807, 2.05) is 55.5 Å². The second-order valence-electron chi connectivity index (χ2n) is 7.04. The van der Waals surface area contributed by atoms with Crippen molar-refractivity contribution >= 4 is 5.97 Å². The molecule has 0 radical (unpaired) electrons. The van der Waals surface area contributed by atoms with Gasteiger partial charge in [-0.15, -0.1) is 0 Å². The van der Waals surface area contributed by atoms with Crippen LogP contribution < -0.4 is 0 Å². The highest BCUT2D eigenvalue weighted by Crippen LogP contribution is 2.23. The van der Waals surface area contributed by atoms with Crippen LogP contribution in [0.2, 0.25) is 0 Å². The van der Waals surface area contributed by atoms with Crippen LogP contribution >= 0.6 is 0 Å². The van der Waals surface area contributed by atoms with Crippen LogP contribution in [-0.4, -0.2) is 24.3 Å². The van der Waals surface area contributed by atoms with Gasteiger partial charge in [0.1, 0.15) is 12.2 Å². The summed E-state index contributed by atoms with van der Waals surface area (Å²) in [4.78, 5) is 12.0. The molecule has 2 aromatic rings. The Hall–Kier alpha value is -2.17. The van der Waals surface area contributed by atoms with E-state index in [4.69, 9.17) is 14.2 Å². The molecule has 0 N–H and O–H groups in total. The first kappa shape index (κ1) is 19.6. The van der Waals surface area contributed by atoms with E-state index in [2.05, 4.69) is 12.1 Å². The van der Waals surface area contributed by atoms with Crippen molar-refractivity contribution in [3.05, 3.63) is 71.8 Å². The Morgan fingerprint density at radius 1 is 0.889 bits per heavy atom. The first-order valence-corrected chi connectivity index (χ1v) is 9.73. The van der Waals surface area contributed by atoms with E-state index in [-0.39, 0.29) is 24.3 Å². The number of carbonyl (C=O) groups excluding carboxylic acids is 1. The van der Waals surface area contributed by atoms with E-state index in [0.717, 1.165) is 30.4 Å². The Labute approximate surface area is 161 Å². The maximum atomic E-state index is 12.0. The molecular weight excluding hydrogens is 340 g/mol. The van der Waals surface area contributed by atoms with Crippen LogP contribution in [0.4, 0.5) is 0 Å². The Morgan fingerprint density at radius 2 is 1.48 bits per heavy atom. The Morgan fingerprint density at radius 3 is 2.11 bits per heavy atom. The van der Waals surface area contributed by atoms with Gasteiger partial charge in [0.15, 0.2) is 0 Å². The van der Waals surface area contributed by atoms with Crippen LogP contribution in [0.25, 0.3) is 0 Å². The van der Waals surface area contributed by atoms with E-state index in [1.165, 1.54) is 0 Å². The molecular formula is C23H28O4. The highest BCUT2D eigenvalue weighted by atomic mass is 16.6. The van der Waals surface area contributed by atoms with Crippen LogP contribution in [-0.2, 0) is 32.2 Å². The quantitative estimate of drug-likeness (QED) is 0.696. The lowest BCUT2D eigenvalue weighted by atomic mass is 10.0. The van der Waals surface area contributed by atoms with Gasteiger partial charge in [-0.3, -0.25) is 4.79 Å². The first-order valence-electron chi connectivity index (χ1n) is 9.73. The van der Waals surface area contributed by atoms with Crippen LogP contribution in [0.15, 0.2) is 60.7 Å². The van der Waals surface area contributed by atoms with Gasteiger partial charge in [-0.05, 0) is 30.9 Å². The van der Waals surface area contributed by atoms with Crippen molar-refractivity contribution < 1.29 is 19.0 Å². The lowest BCUT2D eigenvalue weighted by Gasteiger charge is -2.31. The molecule has 1 fully saturated rings. The highest BCUT2D eigenvalue weighted by Gasteiger charge is 2.32. The molecule has 2 aromatic carbocycles. The summed E-state index contributed by atoms with van der Waals surface area (Å²) < 4.78 is 18.1. The summed E-state index contributed by atoms with van der Waals surface area (Å²) in [6.45, 7) is 2.90. The van der Waals surface area contributed by atoms with Crippen molar-refractivity contribution in [1.82, 2.24) is 0 Å². The highest BCUT2D eigenvalue weighted by molar-refractivity contribution is 5.69. The number of hydrogen-bond donors (Lipinski definition) is 0. The SMILES string of the molecule is CC1OC(=O)CCCCC(OCc2ccccc2)C1OCc1ccccc1. The van der Waals surface area contributed by atoms with Gasteiger partial charge < -0.3 is 14.2 Å². The number of rotatable bonds is 6. The summed E-state index contributed by atoms with van der Waals surface area (Å²) in [7, 11) is 0. The van der Waals surface area contributed by atoms with Gasteiger partial charge in [0, 0.05) is 6.42 Å². The van der Waals surface area contributed by atoms with E-state index in [1.54, 1.807) is 0 Å². The number of carbonyl (C=O) groups is 1. The molecule has 0 amide bonds. The third-order valence-corrected chi connectivity index (χ3v) is 4.86. The fourth-order valence-corrected chi connectivity index (χ4v) is 3.38. The molecule has 0 spiro atoms. The fourth-order valence-electron chi connectivity index (χ4n) is 3.38. The predicted octanol–water partition coefficient (Wildman–Crippen LogP) is 4.66. The molecule has 3 rings (SSSR count). The maximum absolute atomic E-state index is 12.0. The van der Waals surface area contributed by atoms with Gasteiger partial charge in [0.25, 0.3) is 0 Å². The van der Waals surface area contributed by atoms with Crippen LogP contribution in [0.5, 0.6) is 0 Å². The molecule has 0 bridgehead atoms. The normalized spacial score (nSPS) is 23.7. The molecule has 144 valence electrons. The zero-order valence-electron chi connectivity index (χ0n) is 15.9. The lowest BCUT2D eigenvalue weighted by molar-refractivity contribution is -0.168. The molecule has 1 aliphatic rings.